The normalized spacial score (nSPS) is 16.9. The number of fused-ring (bicyclic) bond motifs is 11. The quantitative estimate of drug-likeness (QED) is 0.0149. The Balaban J connectivity index is 2.27. The average molecular weight is 962 g/mol. The number of hydroxylamine groups is 1. The fraction of sp³-hybridized carbons (Fsp3) is 0.644. The number of aliphatic carboxylic acids is 3. The van der Waals surface area contributed by atoms with Gasteiger partial charge in [0, 0.05) is 63.9 Å². The minimum Gasteiger partial charge on any atom is -0.494 e. The molecule has 2 heterocycles. The third kappa shape index (κ3) is 24.1. The minimum absolute atomic E-state index is 0.0267. The number of nitrogens with two attached hydrogens (primary N) is 2. The van der Waals surface area contributed by atoms with E-state index in [2.05, 4.69) is 15.6 Å². The molecule has 0 aromatic heterocycles. The highest BCUT2D eigenvalue weighted by molar-refractivity contribution is 5.94. The number of ether oxygens (including phenoxy) is 1. The second kappa shape index (κ2) is 31.1. The van der Waals surface area contributed by atoms with E-state index in [1.54, 1.807) is 34.6 Å². The number of carbonyl (C=O) groups excluding carboxylic acids is 6. The Morgan fingerprint density at radius 1 is 0.853 bits per heavy atom. The molecule has 2 bridgehead atoms. The number of nitrogens with one attached hydrogen (secondary N) is 3. The molecule has 2 aliphatic heterocycles. The Morgan fingerprint density at radius 2 is 1.44 bits per heavy atom. The van der Waals surface area contributed by atoms with Crippen LogP contribution < -0.4 is 32.3 Å². The van der Waals surface area contributed by atoms with Gasteiger partial charge in [-0.1, -0.05) is 26.0 Å². The maximum absolute atomic E-state index is 14.3. The summed E-state index contributed by atoms with van der Waals surface area (Å²) in [5.74, 6) is -8.85. The number of hydrogen-bond acceptors (Lipinski definition) is 15. The SMILES string of the molecule is CC(=O)CN(CCN(CCN(CC(=O)O)CC(=O)O)CC(=O)CCCNC(=O)[C@H](CCCN=C(N)N)CC(=O)[C@@H]1Cc2ccc(cc2)OCCC[C@H](C(=O)NO)[C@@H](CC(C)C)C(=O)N1)CC(=O)O. The molecule has 23 nitrogen and oxygen atoms in total. The summed E-state index contributed by atoms with van der Waals surface area (Å²) < 4.78 is 5.86. The molecule has 0 spiro atoms. The first-order chi connectivity index (χ1) is 32.2. The van der Waals surface area contributed by atoms with Gasteiger partial charge >= 0.3 is 17.9 Å². The lowest BCUT2D eigenvalue weighted by molar-refractivity contribution is -0.142. The van der Waals surface area contributed by atoms with E-state index in [1.165, 1.54) is 16.7 Å². The van der Waals surface area contributed by atoms with Crippen molar-refractivity contribution in [1.29, 1.82) is 0 Å². The summed E-state index contributed by atoms with van der Waals surface area (Å²) in [6.45, 7) is 3.72. The van der Waals surface area contributed by atoms with Crippen molar-refractivity contribution >= 4 is 58.9 Å². The monoisotopic (exact) mass is 962 g/mol. The number of amides is 3. The molecule has 0 saturated heterocycles. The standard InChI is InChI=1S/C45H71N9O14/c1-29(2)21-36-35(44(66)51-67)9-6-20-68-34-12-10-31(11-13-34)22-37(50-43(36)65)38(57)23-32(7-4-15-49-45(46)47)42(64)48-14-5-8-33(56)25-52(16-18-53(24-30(3)55)26-39(58)59)17-19-54(27-40(60)61)28-41(62)63/h10-13,29,32,35-37,67H,4-9,14-28H2,1-3H3,(H,48,64)(H,50,65)(H,51,66)(H,58,59)(H,60,61)(H,62,63)(H4,46,47,49)/t32-,35+,36-,37+/m1/s1. The molecular weight excluding hydrogens is 891 g/mol. The van der Waals surface area contributed by atoms with Crippen LogP contribution in [0.3, 0.4) is 0 Å². The summed E-state index contributed by atoms with van der Waals surface area (Å²) in [6, 6.07) is 5.90. The molecule has 2 aliphatic rings. The van der Waals surface area contributed by atoms with Crippen LogP contribution in [0.1, 0.15) is 77.7 Å². The first-order valence-electron chi connectivity index (χ1n) is 22.8. The van der Waals surface area contributed by atoms with Crippen LogP contribution in [-0.2, 0) is 49.6 Å². The van der Waals surface area contributed by atoms with E-state index in [0.717, 1.165) is 0 Å². The number of carboxylic acid groups (broad SMARTS) is 3. The summed E-state index contributed by atoms with van der Waals surface area (Å²) in [5.41, 5.74) is 13.4. The predicted octanol–water partition coefficient (Wildman–Crippen LogP) is -0.486. The van der Waals surface area contributed by atoms with Crippen LogP contribution in [0.25, 0.3) is 0 Å². The van der Waals surface area contributed by atoms with Crippen LogP contribution in [0.4, 0.5) is 0 Å². The van der Waals surface area contributed by atoms with Crippen molar-refractivity contribution in [3.05, 3.63) is 29.8 Å². The Bertz CT molecular complexity index is 1800. The van der Waals surface area contributed by atoms with E-state index < -0.39 is 84.8 Å². The number of rotatable bonds is 31. The lowest BCUT2D eigenvalue weighted by Crippen LogP contribution is -2.49. The number of carboxylic acids is 3. The second-order valence-electron chi connectivity index (χ2n) is 17.5. The molecule has 3 amide bonds. The van der Waals surface area contributed by atoms with Crippen molar-refractivity contribution in [3.8, 4) is 5.75 Å². The van der Waals surface area contributed by atoms with Crippen LogP contribution >= 0.6 is 0 Å². The van der Waals surface area contributed by atoms with Crippen molar-refractivity contribution in [2.24, 2.45) is 40.1 Å². The van der Waals surface area contributed by atoms with Gasteiger partial charge in [0.05, 0.1) is 51.3 Å². The summed E-state index contributed by atoms with van der Waals surface area (Å²) in [4.78, 5) is 123. The summed E-state index contributed by atoms with van der Waals surface area (Å²) in [6.07, 6.45) is 1.28. The third-order valence-electron chi connectivity index (χ3n) is 11.1. The van der Waals surface area contributed by atoms with Gasteiger partial charge in [0.1, 0.15) is 17.3 Å². The molecule has 0 saturated carbocycles. The van der Waals surface area contributed by atoms with Crippen molar-refractivity contribution in [3.63, 3.8) is 0 Å². The van der Waals surface area contributed by atoms with Crippen LogP contribution in [-0.4, -0.2) is 179 Å². The zero-order valence-electron chi connectivity index (χ0n) is 39.4. The molecule has 4 atom stereocenters. The van der Waals surface area contributed by atoms with Crippen LogP contribution in [0, 0.1) is 23.7 Å². The number of nitrogens with zero attached hydrogens (tertiary/aromatic N) is 4. The van der Waals surface area contributed by atoms with Gasteiger partial charge in [-0.05, 0) is 75.5 Å². The lowest BCUT2D eigenvalue weighted by atomic mass is 9.81. The molecular formula is C45H71N9O14. The number of carbonyl (C=O) groups is 9. The minimum atomic E-state index is -1.25. The van der Waals surface area contributed by atoms with Crippen LogP contribution in [0.2, 0.25) is 0 Å². The zero-order chi connectivity index (χ0) is 50.8. The lowest BCUT2D eigenvalue weighted by Gasteiger charge is -2.29. The van der Waals surface area contributed by atoms with E-state index >= 15 is 0 Å². The molecule has 0 aliphatic carbocycles. The summed E-state index contributed by atoms with van der Waals surface area (Å²) >= 11 is 0. The molecule has 1 aromatic rings. The van der Waals surface area contributed by atoms with Gasteiger partial charge in [0.15, 0.2) is 11.7 Å². The molecule has 23 heteroatoms. The highest BCUT2D eigenvalue weighted by atomic mass is 16.5. The first-order valence-corrected chi connectivity index (χ1v) is 22.8. The van der Waals surface area contributed by atoms with E-state index in [4.69, 9.17) is 16.2 Å². The van der Waals surface area contributed by atoms with Crippen LogP contribution in [0.5, 0.6) is 5.75 Å². The smallest absolute Gasteiger partial charge is 0.317 e. The van der Waals surface area contributed by atoms with Gasteiger partial charge in [-0.15, -0.1) is 0 Å². The number of benzene rings is 1. The van der Waals surface area contributed by atoms with Gasteiger partial charge in [-0.25, -0.2) is 5.48 Å². The second-order valence-corrected chi connectivity index (χ2v) is 17.5. The van der Waals surface area contributed by atoms with Crippen molar-refractivity contribution < 1.29 is 68.4 Å². The molecule has 0 fully saturated rings. The van der Waals surface area contributed by atoms with E-state index in [-0.39, 0.29) is 127 Å². The number of Topliss-reactive ketones (excluding diaryl/α,β-unsaturated/α-hetero) is 3. The largest absolute Gasteiger partial charge is 0.494 e. The van der Waals surface area contributed by atoms with Gasteiger partial charge in [-0.3, -0.25) is 68.1 Å². The number of guanidine groups is 1. The molecule has 3 rings (SSSR count). The topological polar surface area (TPSA) is 354 Å². The zero-order valence-corrected chi connectivity index (χ0v) is 39.4. The molecule has 11 N–H and O–H groups in total. The number of hydrogen-bond donors (Lipinski definition) is 9. The maximum atomic E-state index is 14.3. The van der Waals surface area contributed by atoms with Gasteiger partial charge < -0.3 is 42.2 Å². The average Bonchev–Trinajstić information content (AvgIpc) is 3.25. The number of aliphatic imine (C=N–C) groups is 1. The first kappa shape index (κ1) is 58.1. The summed E-state index contributed by atoms with van der Waals surface area (Å²) in [7, 11) is 0. The van der Waals surface area contributed by atoms with Gasteiger partial charge in [0.2, 0.25) is 17.7 Å². The van der Waals surface area contributed by atoms with Gasteiger partial charge in [-0.2, -0.15) is 0 Å². The number of ketones is 3. The predicted molar refractivity (Wildman–Crippen MR) is 246 cm³/mol. The Morgan fingerprint density at radius 3 is 1.99 bits per heavy atom. The van der Waals surface area contributed by atoms with Crippen molar-refractivity contribution in [2.45, 2.75) is 84.6 Å². The van der Waals surface area contributed by atoms with E-state index in [1.807, 2.05) is 13.8 Å². The third-order valence-corrected chi connectivity index (χ3v) is 11.1. The summed E-state index contributed by atoms with van der Waals surface area (Å²) in [5, 5.41) is 43.2. The fourth-order valence-corrected chi connectivity index (χ4v) is 7.91. The Labute approximate surface area is 396 Å². The van der Waals surface area contributed by atoms with Crippen LogP contribution in [0.15, 0.2) is 29.3 Å². The molecule has 68 heavy (non-hydrogen) atoms. The maximum Gasteiger partial charge on any atom is 0.317 e. The van der Waals surface area contributed by atoms with Crippen molar-refractivity contribution in [1.82, 2.24) is 30.8 Å². The molecule has 1 aromatic carbocycles. The highest BCUT2D eigenvalue weighted by Crippen LogP contribution is 2.27. The Hall–Kier alpha value is -6.04. The molecule has 0 radical (unpaired) electrons. The van der Waals surface area contributed by atoms with E-state index in [0.29, 0.717) is 24.2 Å². The highest BCUT2D eigenvalue weighted by Gasteiger charge is 2.37. The Kier molecular flexibility index (Phi) is 26.6. The molecule has 0 unspecified atom stereocenters. The van der Waals surface area contributed by atoms with Gasteiger partial charge in [0.25, 0.3) is 0 Å². The van der Waals surface area contributed by atoms with E-state index in [9.17, 15) is 63.7 Å². The fourth-order valence-electron chi connectivity index (χ4n) is 7.91. The molecule has 380 valence electrons. The van der Waals surface area contributed by atoms with Crippen molar-refractivity contribution in [2.75, 3.05) is 78.6 Å².